The fourth-order valence-corrected chi connectivity index (χ4v) is 0.445. The van der Waals surface area contributed by atoms with Crippen molar-refractivity contribution < 1.29 is 33.7 Å². The Balaban J connectivity index is 0. The second-order valence-corrected chi connectivity index (χ2v) is 2.27. The van der Waals surface area contributed by atoms with E-state index in [1.807, 2.05) is 0 Å². The van der Waals surface area contributed by atoms with Crippen molar-refractivity contribution in [3.05, 3.63) is 0 Å². The highest BCUT2D eigenvalue weighted by Gasteiger charge is 2.00. The van der Waals surface area contributed by atoms with Gasteiger partial charge in [0.2, 0.25) is 0 Å². The lowest BCUT2D eigenvalue weighted by molar-refractivity contribution is -0.199. The number of hydrogen-bond donors (Lipinski definition) is 3. The van der Waals surface area contributed by atoms with Crippen molar-refractivity contribution in [2.45, 2.75) is 0 Å². The molecule has 0 aliphatic rings. The topological polar surface area (TPSA) is 105 Å². The average Bonchev–Trinajstić information content (AvgIpc) is 2.06. The van der Waals surface area contributed by atoms with Crippen LogP contribution in [0.25, 0.3) is 0 Å². The van der Waals surface area contributed by atoms with Crippen LogP contribution >= 0.6 is 0 Å². The lowest BCUT2D eigenvalue weighted by Gasteiger charge is -1.94. The third kappa shape index (κ3) is 24.6. The van der Waals surface area contributed by atoms with Gasteiger partial charge in [-0.15, -0.1) is 0 Å². The van der Waals surface area contributed by atoms with E-state index in [9.17, 15) is 4.46 Å². The first-order valence-electron chi connectivity index (χ1n) is 3.42. The molecule has 0 rings (SSSR count). The van der Waals surface area contributed by atoms with Crippen LogP contribution in [-0.2, 0) is 18.7 Å². The molecule has 0 atom stereocenters. The Hall–Kier alpha value is -0.543. The molecular weight excluding hydrogens is 200 g/mol. The molecule has 3 N–H and O–H groups in total. The van der Waals surface area contributed by atoms with Crippen LogP contribution in [0.2, 0.25) is 0 Å². The molecule has 0 aliphatic heterocycles. The summed E-state index contributed by atoms with van der Waals surface area (Å²) in [5.74, 6) is 0. The summed E-state index contributed by atoms with van der Waals surface area (Å²) in [6.07, 6.45) is 0. The van der Waals surface area contributed by atoms with Crippen LogP contribution in [-0.4, -0.2) is 57.7 Å². The van der Waals surface area contributed by atoms with Crippen LogP contribution in [0.3, 0.4) is 0 Å². The molecule has 0 aromatic carbocycles. The van der Waals surface area contributed by atoms with Crippen molar-refractivity contribution in [3.63, 3.8) is 0 Å². The van der Waals surface area contributed by atoms with Gasteiger partial charge in [-0.25, -0.2) is 4.89 Å². The third-order valence-corrected chi connectivity index (χ3v) is 0.935. The minimum Gasteiger partial charge on any atom is -0.510 e. The predicted octanol–water partition coefficient (Wildman–Crippen LogP) is -2.04. The van der Waals surface area contributed by atoms with Gasteiger partial charge in [0.25, 0.3) is 0 Å². The predicted molar refractivity (Wildman–Crippen MR) is 41.7 cm³/mol. The monoisotopic (exact) mass is 214 g/mol. The highest BCUT2D eigenvalue weighted by molar-refractivity contribution is 6.23. The standard InChI is InChI=1S/C4H10O3.CH4O4Si/c5-1-3-7-4-2-6;1-4-5-6(2)3/h5-6H,1-4H2;2H,1H3. The van der Waals surface area contributed by atoms with Gasteiger partial charge in [-0.05, 0) is 0 Å². The molecule has 0 heterocycles. The van der Waals surface area contributed by atoms with Crippen molar-refractivity contribution in [1.29, 1.82) is 0 Å². The zero-order valence-electron chi connectivity index (χ0n) is 7.30. The smallest absolute Gasteiger partial charge is 0.510 e. The van der Waals surface area contributed by atoms with E-state index >= 15 is 0 Å². The molecule has 0 saturated heterocycles. The van der Waals surface area contributed by atoms with E-state index in [1.165, 1.54) is 7.11 Å². The SMILES string of the molecule is COO[Si](=O)O.OCCOCCO. The molecule has 0 bridgehead atoms. The normalized spacial score (nSPS) is 8.54. The third-order valence-electron chi connectivity index (χ3n) is 0.626. The van der Waals surface area contributed by atoms with Crippen LogP contribution in [0.5, 0.6) is 0 Å². The van der Waals surface area contributed by atoms with Crippen LogP contribution in [0.1, 0.15) is 0 Å². The van der Waals surface area contributed by atoms with Crippen LogP contribution in [0.4, 0.5) is 0 Å². The highest BCUT2D eigenvalue weighted by Crippen LogP contribution is 1.68. The summed E-state index contributed by atoms with van der Waals surface area (Å²) >= 11 is 0. The average molecular weight is 214 g/mol. The maximum Gasteiger partial charge on any atom is 0.798 e. The van der Waals surface area contributed by atoms with E-state index in [2.05, 4.69) is 14.2 Å². The fraction of sp³-hybridized carbons (Fsp3) is 1.00. The maximum absolute atomic E-state index is 9.44. The van der Waals surface area contributed by atoms with Gasteiger partial charge >= 0.3 is 9.17 Å². The molecule has 0 amide bonds. The summed E-state index contributed by atoms with van der Waals surface area (Å²) in [4.78, 5) is 11.5. The molecule has 0 aliphatic carbocycles. The Bertz CT molecular complexity index is 105. The lowest BCUT2D eigenvalue weighted by atomic mass is 10.7. The molecule has 7 nitrogen and oxygen atoms in total. The lowest BCUT2D eigenvalue weighted by Crippen LogP contribution is -2.03. The molecule has 0 saturated carbocycles. The fourth-order valence-electron chi connectivity index (χ4n) is 0.302. The van der Waals surface area contributed by atoms with Gasteiger partial charge in [-0.3, -0.25) is 4.46 Å². The summed E-state index contributed by atoms with van der Waals surface area (Å²) in [6, 6.07) is 0. The summed E-state index contributed by atoms with van der Waals surface area (Å²) in [6.45, 7) is 0.696. The number of hydrogen-bond acceptors (Lipinski definition) is 6. The number of aliphatic hydroxyl groups is 2. The van der Waals surface area contributed by atoms with E-state index in [0.717, 1.165) is 0 Å². The van der Waals surface area contributed by atoms with Crippen LogP contribution < -0.4 is 0 Å². The minimum absolute atomic E-state index is 0.0278. The summed E-state index contributed by atoms with van der Waals surface area (Å²) in [5, 5.41) is 16.2. The first kappa shape index (κ1) is 15.0. The van der Waals surface area contributed by atoms with Gasteiger partial charge in [0.05, 0.1) is 33.5 Å². The van der Waals surface area contributed by atoms with E-state index in [-0.39, 0.29) is 13.2 Å². The minimum atomic E-state index is -2.86. The second-order valence-electron chi connectivity index (χ2n) is 1.58. The van der Waals surface area contributed by atoms with E-state index < -0.39 is 9.17 Å². The summed E-state index contributed by atoms with van der Waals surface area (Å²) in [7, 11) is -1.69. The molecule has 0 aromatic heterocycles. The first-order valence-corrected chi connectivity index (χ1v) is 4.68. The molecule has 0 radical (unpaired) electrons. The number of rotatable bonds is 6. The largest absolute Gasteiger partial charge is 0.798 e. The molecule has 13 heavy (non-hydrogen) atoms. The molecule has 0 aromatic rings. The van der Waals surface area contributed by atoms with Crippen molar-refractivity contribution in [1.82, 2.24) is 0 Å². The van der Waals surface area contributed by atoms with Crippen molar-refractivity contribution >= 4 is 9.17 Å². The van der Waals surface area contributed by atoms with Crippen LogP contribution in [0.15, 0.2) is 0 Å². The van der Waals surface area contributed by atoms with Crippen LogP contribution in [0, 0.1) is 0 Å². The van der Waals surface area contributed by atoms with Crippen molar-refractivity contribution in [2.24, 2.45) is 0 Å². The number of ether oxygens (including phenoxy) is 1. The Morgan fingerprint density at radius 2 is 1.69 bits per heavy atom. The highest BCUT2D eigenvalue weighted by atomic mass is 28.3. The molecule has 0 unspecified atom stereocenters. The van der Waals surface area contributed by atoms with Crippen molar-refractivity contribution in [2.75, 3.05) is 33.5 Å². The van der Waals surface area contributed by atoms with Gasteiger partial charge in [-0.2, -0.15) is 0 Å². The molecule has 0 spiro atoms. The van der Waals surface area contributed by atoms with E-state index in [4.69, 9.17) is 15.0 Å². The Labute approximate surface area is 77.3 Å². The molecule has 8 heteroatoms. The van der Waals surface area contributed by atoms with Gasteiger partial charge in [0.1, 0.15) is 0 Å². The Morgan fingerprint density at radius 1 is 1.23 bits per heavy atom. The van der Waals surface area contributed by atoms with E-state index in [1.54, 1.807) is 0 Å². The zero-order valence-corrected chi connectivity index (χ0v) is 8.30. The maximum atomic E-state index is 9.44. The van der Waals surface area contributed by atoms with Gasteiger partial charge in [0.15, 0.2) is 0 Å². The Kier molecular flexibility index (Phi) is 16.1. The van der Waals surface area contributed by atoms with Gasteiger partial charge < -0.3 is 24.3 Å². The van der Waals surface area contributed by atoms with E-state index in [0.29, 0.717) is 13.2 Å². The first-order chi connectivity index (χ1) is 6.18. The summed E-state index contributed by atoms with van der Waals surface area (Å²) in [5.41, 5.74) is 0. The molecular formula is C5H14O7Si. The van der Waals surface area contributed by atoms with Crippen molar-refractivity contribution in [3.8, 4) is 0 Å². The number of aliphatic hydroxyl groups excluding tert-OH is 2. The quantitative estimate of drug-likeness (QED) is 0.202. The Morgan fingerprint density at radius 3 is 1.85 bits per heavy atom. The molecule has 80 valence electrons. The zero-order chi connectivity index (χ0) is 10.5. The summed E-state index contributed by atoms with van der Waals surface area (Å²) < 4.78 is 17.7. The van der Waals surface area contributed by atoms with Gasteiger partial charge in [-0.1, -0.05) is 0 Å². The second kappa shape index (κ2) is 14.0. The van der Waals surface area contributed by atoms with Gasteiger partial charge in [0, 0.05) is 0 Å². The molecule has 0 fully saturated rings.